The molecule has 0 unspecified atom stereocenters. The van der Waals surface area contributed by atoms with E-state index in [9.17, 15) is 9.59 Å². The largest absolute Gasteiger partial charge is 0.297 e. The summed E-state index contributed by atoms with van der Waals surface area (Å²) < 4.78 is 0. The Balaban J connectivity index is 1.33. The summed E-state index contributed by atoms with van der Waals surface area (Å²) in [5, 5.41) is 4.30. The lowest BCUT2D eigenvalue weighted by molar-refractivity contribution is 0.111. The fourth-order valence-corrected chi connectivity index (χ4v) is 13.5. The third-order valence-corrected chi connectivity index (χ3v) is 17.8. The number of rotatable bonds is 20. The second-order valence-electron chi connectivity index (χ2n) is 22.7. The third kappa shape index (κ3) is 9.29. The average Bonchev–Trinajstić information content (AvgIpc) is 4.16. The van der Waals surface area contributed by atoms with E-state index in [1.807, 2.05) is 6.07 Å². The van der Waals surface area contributed by atoms with Crippen molar-refractivity contribution < 1.29 is 9.59 Å². The van der Waals surface area contributed by atoms with Crippen molar-refractivity contribution >= 4 is 35.2 Å². The molecular formula is C66H74O2S2. The van der Waals surface area contributed by atoms with Crippen molar-refractivity contribution in [1.82, 2.24) is 0 Å². The molecule has 2 nitrogen and oxygen atoms in total. The zero-order valence-corrected chi connectivity index (χ0v) is 44.9. The van der Waals surface area contributed by atoms with Gasteiger partial charge in [0.2, 0.25) is 0 Å². The Morgan fingerprint density at radius 2 is 0.800 bits per heavy atom. The Labute approximate surface area is 428 Å². The second-order valence-corrected chi connectivity index (χ2v) is 24.6. The average molecular weight is 963 g/mol. The summed E-state index contributed by atoms with van der Waals surface area (Å²) in [4.78, 5) is 25.5. The van der Waals surface area contributed by atoms with Crippen LogP contribution in [0.1, 0.15) is 209 Å². The number of carbonyl (C=O) groups excluding carboxylic acids is 2. The Morgan fingerprint density at radius 3 is 1.24 bits per heavy atom. The van der Waals surface area contributed by atoms with Gasteiger partial charge in [-0.05, 0) is 160 Å². The molecule has 0 saturated heterocycles. The molecule has 4 heteroatoms. The minimum absolute atomic E-state index is 0.00446. The van der Waals surface area contributed by atoms with Gasteiger partial charge >= 0.3 is 0 Å². The number of hydrogen-bond donors (Lipinski definition) is 0. The van der Waals surface area contributed by atoms with E-state index in [-0.39, 0.29) is 16.2 Å². The summed E-state index contributed by atoms with van der Waals surface area (Å²) >= 11 is 3.05. The molecule has 362 valence electrons. The highest BCUT2D eigenvalue weighted by molar-refractivity contribution is 7.12. The molecule has 0 atom stereocenters. The number of aldehydes is 2. The van der Waals surface area contributed by atoms with E-state index in [2.05, 4.69) is 169 Å². The normalized spacial score (nSPS) is 14.3. The molecule has 0 fully saturated rings. The Bertz CT molecular complexity index is 2890. The molecule has 5 aromatic carbocycles. The molecule has 2 heterocycles. The maximum Gasteiger partial charge on any atom is 0.160 e. The minimum Gasteiger partial charge on any atom is -0.297 e. The van der Waals surface area contributed by atoms with E-state index in [1.54, 1.807) is 0 Å². The quantitative estimate of drug-likeness (QED) is 0.0563. The zero-order valence-electron chi connectivity index (χ0n) is 43.2. The summed E-state index contributed by atoms with van der Waals surface area (Å²) in [6.45, 7) is 18.4. The highest BCUT2D eigenvalue weighted by Gasteiger charge is 2.50. The van der Waals surface area contributed by atoms with E-state index in [0.717, 1.165) is 51.9 Å². The summed E-state index contributed by atoms with van der Waals surface area (Å²) in [5.41, 5.74) is 19.9. The van der Waals surface area contributed by atoms with Crippen LogP contribution in [0.4, 0.5) is 0 Å². The first kappa shape index (κ1) is 49.8. The predicted octanol–water partition coefficient (Wildman–Crippen LogP) is 19.5. The molecular weight excluding hydrogens is 889 g/mol. The molecule has 0 radical (unpaired) electrons. The SMILES string of the molecule is CCCCCCCCC1(CCCCCCCC)c2cc(-c3csc(C=O)c3)ccc2-c2cc3c(cc21)-c1ccc(-c2csc(C=O)c2)cc1C3(c1ccc(C(C)(C)C)cc1)c1ccc(C(C)(C)C)cc1. The molecule has 0 amide bonds. The molecule has 2 aliphatic carbocycles. The van der Waals surface area contributed by atoms with Crippen LogP contribution in [0.3, 0.4) is 0 Å². The topological polar surface area (TPSA) is 34.1 Å². The van der Waals surface area contributed by atoms with Crippen molar-refractivity contribution in [3.8, 4) is 44.5 Å². The third-order valence-electron chi connectivity index (χ3n) is 16.0. The fraction of sp³-hybridized carbons (Fsp3) is 0.394. The molecule has 0 N–H and O–H groups in total. The van der Waals surface area contributed by atoms with Crippen molar-refractivity contribution in [3.05, 3.63) is 174 Å². The van der Waals surface area contributed by atoms with E-state index in [1.165, 1.54) is 172 Å². The molecule has 9 rings (SSSR count). The smallest absolute Gasteiger partial charge is 0.160 e. The number of benzene rings is 5. The maximum absolute atomic E-state index is 12.0. The van der Waals surface area contributed by atoms with Crippen LogP contribution in [-0.2, 0) is 21.7 Å². The van der Waals surface area contributed by atoms with Crippen LogP contribution in [0.2, 0.25) is 0 Å². The fourth-order valence-electron chi connectivity index (χ4n) is 12.1. The molecule has 0 spiro atoms. The van der Waals surface area contributed by atoms with Gasteiger partial charge in [0.25, 0.3) is 0 Å². The Morgan fingerprint density at radius 1 is 0.414 bits per heavy atom. The number of hydrogen-bond acceptors (Lipinski definition) is 4. The van der Waals surface area contributed by atoms with Gasteiger partial charge < -0.3 is 0 Å². The number of fused-ring (bicyclic) bond motifs is 6. The van der Waals surface area contributed by atoms with Crippen LogP contribution in [0.25, 0.3) is 44.5 Å². The molecule has 70 heavy (non-hydrogen) atoms. The van der Waals surface area contributed by atoms with E-state index in [4.69, 9.17) is 0 Å². The van der Waals surface area contributed by atoms with Crippen LogP contribution in [-0.4, -0.2) is 12.6 Å². The van der Waals surface area contributed by atoms with Crippen molar-refractivity contribution in [2.45, 2.75) is 167 Å². The molecule has 7 aromatic rings. The number of unbranched alkanes of at least 4 members (excludes halogenated alkanes) is 10. The van der Waals surface area contributed by atoms with Crippen molar-refractivity contribution in [2.75, 3.05) is 0 Å². The first-order chi connectivity index (χ1) is 33.8. The second kappa shape index (κ2) is 20.5. The van der Waals surface area contributed by atoms with Crippen LogP contribution in [0.5, 0.6) is 0 Å². The Kier molecular flexibility index (Phi) is 14.6. The van der Waals surface area contributed by atoms with Gasteiger partial charge in [0.1, 0.15) is 0 Å². The van der Waals surface area contributed by atoms with Crippen LogP contribution >= 0.6 is 22.7 Å². The lowest BCUT2D eigenvalue weighted by Gasteiger charge is -2.36. The van der Waals surface area contributed by atoms with Crippen LogP contribution in [0.15, 0.2) is 120 Å². The highest BCUT2D eigenvalue weighted by Crippen LogP contribution is 2.62. The van der Waals surface area contributed by atoms with E-state index < -0.39 is 5.41 Å². The van der Waals surface area contributed by atoms with Crippen molar-refractivity contribution in [3.63, 3.8) is 0 Å². The van der Waals surface area contributed by atoms with Crippen molar-refractivity contribution in [2.24, 2.45) is 0 Å². The number of carbonyl (C=O) groups is 2. The number of thiophene rings is 2. The van der Waals surface area contributed by atoms with Crippen molar-refractivity contribution in [1.29, 1.82) is 0 Å². The predicted molar refractivity (Wildman–Crippen MR) is 301 cm³/mol. The van der Waals surface area contributed by atoms with Crippen LogP contribution < -0.4 is 0 Å². The Hall–Kier alpha value is -5.16. The monoisotopic (exact) mass is 963 g/mol. The summed E-state index contributed by atoms with van der Waals surface area (Å²) in [6, 6.07) is 43.0. The first-order valence-corrected chi connectivity index (χ1v) is 28.3. The lowest BCUT2D eigenvalue weighted by atomic mass is 9.66. The van der Waals surface area contributed by atoms with Gasteiger partial charge in [-0.15, -0.1) is 22.7 Å². The summed E-state index contributed by atoms with van der Waals surface area (Å²) in [5.74, 6) is 0. The molecule has 0 saturated carbocycles. The molecule has 2 aliphatic rings. The first-order valence-electron chi connectivity index (χ1n) is 26.6. The van der Waals surface area contributed by atoms with E-state index >= 15 is 0 Å². The summed E-state index contributed by atoms with van der Waals surface area (Å²) in [7, 11) is 0. The van der Waals surface area contributed by atoms with Crippen LogP contribution in [0, 0.1) is 0 Å². The standard InChI is InChI=1S/C66H74O2S2/c1-9-11-13-15-17-19-33-65(34-20-18-16-14-12-10-2)59-37-45(47-35-53(41-67)69-43-47)21-31-55(59)57-40-62-58(39-60(57)65)56-32-22-46(48-36-54(42-68)70-44-48)38-61(56)66(62,51-27-23-49(24-28-51)63(3,4)5)52-29-25-50(26-30-52)64(6,7)8/h21-32,35-44H,9-20,33-34H2,1-8H3. The minimum atomic E-state index is -0.627. The van der Waals surface area contributed by atoms with Gasteiger partial charge in [0.05, 0.1) is 15.2 Å². The highest BCUT2D eigenvalue weighted by atomic mass is 32.1. The molecule has 0 aliphatic heterocycles. The van der Waals surface area contributed by atoms with Gasteiger partial charge in [-0.1, -0.05) is 205 Å². The van der Waals surface area contributed by atoms with Gasteiger partial charge in [-0.3, -0.25) is 9.59 Å². The van der Waals surface area contributed by atoms with Gasteiger partial charge in [0, 0.05) is 5.41 Å². The lowest BCUT2D eigenvalue weighted by Crippen LogP contribution is -2.29. The maximum atomic E-state index is 12.0. The molecule has 2 aromatic heterocycles. The van der Waals surface area contributed by atoms with Gasteiger partial charge in [0.15, 0.2) is 12.6 Å². The van der Waals surface area contributed by atoms with Gasteiger partial charge in [-0.2, -0.15) is 0 Å². The zero-order chi connectivity index (χ0) is 49.3. The summed E-state index contributed by atoms with van der Waals surface area (Å²) in [6.07, 6.45) is 19.4. The van der Waals surface area contributed by atoms with E-state index in [0.29, 0.717) is 0 Å². The van der Waals surface area contributed by atoms with Gasteiger partial charge in [-0.25, -0.2) is 0 Å². The molecule has 0 bridgehead atoms.